The van der Waals surface area contributed by atoms with E-state index in [1.807, 2.05) is 31.2 Å². The third kappa shape index (κ3) is 3.47. The van der Waals surface area contributed by atoms with E-state index in [1.54, 1.807) is 0 Å². The third-order valence-corrected chi connectivity index (χ3v) is 3.39. The molecule has 4 heteroatoms. The Morgan fingerprint density at radius 2 is 2.11 bits per heavy atom. The maximum atomic E-state index is 11.7. The number of rotatable bonds is 3. The zero-order valence-electron chi connectivity index (χ0n) is 10.7. The van der Waals surface area contributed by atoms with Gasteiger partial charge in [0.2, 0.25) is 0 Å². The number of nitrogens with one attached hydrogen (secondary N) is 2. The lowest BCUT2D eigenvalue weighted by Crippen LogP contribution is -2.42. The molecule has 1 aromatic carbocycles. The van der Waals surface area contributed by atoms with Crippen molar-refractivity contribution in [1.29, 1.82) is 0 Å². The van der Waals surface area contributed by atoms with Gasteiger partial charge in [0.1, 0.15) is 0 Å². The number of hydrogen-bond acceptors (Lipinski definition) is 2. The molecular formula is C14H20N2O2. The maximum Gasteiger partial charge on any atom is 0.319 e. The van der Waals surface area contributed by atoms with Crippen LogP contribution in [0.1, 0.15) is 31.2 Å². The summed E-state index contributed by atoms with van der Waals surface area (Å²) in [6.07, 6.45) is 3.63. The van der Waals surface area contributed by atoms with E-state index in [9.17, 15) is 9.90 Å². The smallest absolute Gasteiger partial charge is 0.319 e. The summed E-state index contributed by atoms with van der Waals surface area (Å²) in [5.74, 6) is 0. The molecule has 18 heavy (non-hydrogen) atoms. The van der Waals surface area contributed by atoms with Gasteiger partial charge in [-0.2, -0.15) is 0 Å². The normalized spacial score (nSPS) is 17.4. The zero-order valence-corrected chi connectivity index (χ0v) is 10.7. The molecule has 0 aromatic heterocycles. The Morgan fingerprint density at radius 3 is 2.78 bits per heavy atom. The van der Waals surface area contributed by atoms with Gasteiger partial charge in [0.15, 0.2) is 0 Å². The van der Waals surface area contributed by atoms with Gasteiger partial charge in [0.25, 0.3) is 0 Å². The van der Waals surface area contributed by atoms with Gasteiger partial charge in [-0.15, -0.1) is 0 Å². The van der Waals surface area contributed by atoms with Crippen LogP contribution < -0.4 is 10.6 Å². The molecule has 0 bridgehead atoms. The summed E-state index contributed by atoms with van der Waals surface area (Å²) in [6, 6.07) is 7.36. The molecule has 0 spiro atoms. The van der Waals surface area contributed by atoms with Gasteiger partial charge in [-0.25, -0.2) is 4.79 Å². The molecule has 98 valence electrons. The summed E-state index contributed by atoms with van der Waals surface area (Å²) in [5, 5.41) is 15.6. The van der Waals surface area contributed by atoms with Gasteiger partial charge in [-0.05, 0) is 37.5 Å². The van der Waals surface area contributed by atoms with E-state index in [2.05, 4.69) is 10.6 Å². The first kappa shape index (κ1) is 12.9. The Kier molecular flexibility index (Phi) is 3.87. The van der Waals surface area contributed by atoms with Crippen LogP contribution in [-0.2, 0) is 0 Å². The predicted octanol–water partition coefficient (Wildman–Crippen LogP) is 2.42. The molecule has 0 heterocycles. The molecule has 1 saturated carbocycles. The fourth-order valence-electron chi connectivity index (χ4n) is 2.35. The monoisotopic (exact) mass is 248 g/mol. The third-order valence-electron chi connectivity index (χ3n) is 3.39. The van der Waals surface area contributed by atoms with Crippen molar-refractivity contribution in [2.24, 2.45) is 0 Å². The van der Waals surface area contributed by atoms with Crippen LogP contribution >= 0.6 is 0 Å². The van der Waals surface area contributed by atoms with Crippen LogP contribution in [0.3, 0.4) is 0 Å². The summed E-state index contributed by atoms with van der Waals surface area (Å²) in [6.45, 7) is 2.30. The molecule has 1 aliphatic carbocycles. The number of aliphatic hydroxyl groups is 1. The first-order valence-electron chi connectivity index (χ1n) is 6.41. The predicted molar refractivity (Wildman–Crippen MR) is 71.6 cm³/mol. The van der Waals surface area contributed by atoms with E-state index in [1.165, 1.54) is 0 Å². The highest BCUT2D eigenvalue weighted by Crippen LogP contribution is 2.28. The van der Waals surface area contributed by atoms with Gasteiger partial charge in [-0.1, -0.05) is 25.0 Å². The Balaban J connectivity index is 1.82. The topological polar surface area (TPSA) is 61.4 Å². The molecule has 2 amide bonds. The second-order valence-corrected chi connectivity index (χ2v) is 5.11. The second kappa shape index (κ2) is 5.40. The molecule has 2 rings (SSSR count). The van der Waals surface area contributed by atoms with Crippen molar-refractivity contribution in [3.63, 3.8) is 0 Å². The summed E-state index contributed by atoms with van der Waals surface area (Å²) < 4.78 is 0. The SMILES string of the molecule is Cc1cccc(NC(=O)NCC2(O)CCCC2)c1. The van der Waals surface area contributed by atoms with Gasteiger partial charge in [0, 0.05) is 12.2 Å². The van der Waals surface area contributed by atoms with E-state index >= 15 is 0 Å². The largest absolute Gasteiger partial charge is 0.388 e. The highest BCUT2D eigenvalue weighted by Gasteiger charge is 2.31. The molecule has 1 fully saturated rings. The van der Waals surface area contributed by atoms with E-state index in [-0.39, 0.29) is 6.03 Å². The van der Waals surface area contributed by atoms with Crippen molar-refractivity contribution < 1.29 is 9.90 Å². The van der Waals surface area contributed by atoms with Crippen LogP contribution in [0.15, 0.2) is 24.3 Å². The van der Waals surface area contributed by atoms with E-state index < -0.39 is 5.60 Å². The van der Waals surface area contributed by atoms with Crippen molar-refractivity contribution in [2.45, 2.75) is 38.2 Å². The Hall–Kier alpha value is -1.55. The Bertz CT molecular complexity index is 426. The van der Waals surface area contributed by atoms with Gasteiger partial charge >= 0.3 is 6.03 Å². The fourth-order valence-corrected chi connectivity index (χ4v) is 2.35. The van der Waals surface area contributed by atoms with Crippen molar-refractivity contribution in [1.82, 2.24) is 5.32 Å². The minimum absolute atomic E-state index is 0.263. The number of aryl methyl sites for hydroxylation is 1. The lowest BCUT2D eigenvalue weighted by molar-refractivity contribution is 0.0506. The molecular weight excluding hydrogens is 228 g/mol. The van der Waals surface area contributed by atoms with Crippen molar-refractivity contribution in [3.8, 4) is 0 Å². The van der Waals surface area contributed by atoms with E-state index in [0.717, 1.165) is 36.9 Å². The van der Waals surface area contributed by atoms with E-state index in [4.69, 9.17) is 0 Å². The van der Waals surface area contributed by atoms with Crippen LogP contribution in [0.4, 0.5) is 10.5 Å². The average Bonchev–Trinajstić information content (AvgIpc) is 2.74. The van der Waals surface area contributed by atoms with Crippen LogP contribution in [0.2, 0.25) is 0 Å². The van der Waals surface area contributed by atoms with Gasteiger partial charge in [-0.3, -0.25) is 0 Å². The van der Waals surface area contributed by atoms with E-state index in [0.29, 0.717) is 6.54 Å². The number of carbonyl (C=O) groups is 1. The van der Waals surface area contributed by atoms with Gasteiger partial charge in [0.05, 0.1) is 5.60 Å². The number of urea groups is 1. The summed E-state index contributed by atoms with van der Waals surface area (Å²) in [4.78, 5) is 11.7. The molecule has 1 aromatic rings. The summed E-state index contributed by atoms with van der Waals surface area (Å²) in [7, 11) is 0. The number of hydrogen-bond donors (Lipinski definition) is 3. The summed E-state index contributed by atoms with van der Waals surface area (Å²) >= 11 is 0. The fraction of sp³-hybridized carbons (Fsp3) is 0.500. The summed E-state index contributed by atoms with van der Waals surface area (Å²) in [5.41, 5.74) is 1.16. The number of benzene rings is 1. The Labute approximate surface area is 107 Å². The van der Waals surface area contributed by atoms with Crippen molar-refractivity contribution in [3.05, 3.63) is 29.8 Å². The van der Waals surface area contributed by atoms with Crippen LogP contribution in [-0.4, -0.2) is 23.3 Å². The molecule has 0 atom stereocenters. The second-order valence-electron chi connectivity index (χ2n) is 5.11. The highest BCUT2D eigenvalue weighted by atomic mass is 16.3. The maximum absolute atomic E-state index is 11.7. The lowest BCUT2D eigenvalue weighted by atomic mass is 10.0. The van der Waals surface area contributed by atoms with Crippen molar-refractivity contribution in [2.75, 3.05) is 11.9 Å². The minimum Gasteiger partial charge on any atom is -0.388 e. The highest BCUT2D eigenvalue weighted by molar-refractivity contribution is 5.89. The molecule has 0 aliphatic heterocycles. The first-order valence-corrected chi connectivity index (χ1v) is 6.41. The van der Waals surface area contributed by atoms with Gasteiger partial charge < -0.3 is 15.7 Å². The van der Waals surface area contributed by atoms with Crippen molar-refractivity contribution >= 4 is 11.7 Å². The minimum atomic E-state index is -0.704. The zero-order chi connectivity index (χ0) is 13.0. The van der Waals surface area contributed by atoms with Crippen LogP contribution in [0.5, 0.6) is 0 Å². The lowest BCUT2D eigenvalue weighted by Gasteiger charge is -2.22. The molecule has 0 saturated heterocycles. The quantitative estimate of drug-likeness (QED) is 0.769. The number of anilines is 1. The number of amides is 2. The molecule has 0 radical (unpaired) electrons. The molecule has 4 nitrogen and oxygen atoms in total. The standard InChI is InChI=1S/C14H20N2O2/c1-11-5-4-6-12(9-11)16-13(17)15-10-14(18)7-2-3-8-14/h4-6,9,18H,2-3,7-8,10H2,1H3,(H2,15,16,17). The number of carbonyl (C=O) groups excluding carboxylic acids is 1. The van der Waals surface area contributed by atoms with Crippen LogP contribution in [0.25, 0.3) is 0 Å². The van der Waals surface area contributed by atoms with Crippen LogP contribution in [0, 0.1) is 6.92 Å². The molecule has 1 aliphatic rings. The average molecular weight is 248 g/mol. The molecule has 0 unspecified atom stereocenters. The molecule has 3 N–H and O–H groups in total. The first-order chi connectivity index (χ1) is 8.57. The Morgan fingerprint density at radius 1 is 1.39 bits per heavy atom.